The summed E-state index contributed by atoms with van der Waals surface area (Å²) >= 11 is 0. The van der Waals surface area contributed by atoms with Crippen LogP contribution in [-0.4, -0.2) is 65.9 Å². The Morgan fingerprint density at radius 2 is 1.69 bits per heavy atom. The maximum absolute atomic E-state index is 13.0. The van der Waals surface area contributed by atoms with Crippen molar-refractivity contribution in [2.24, 2.45) is 5.92 Å². The van der Waals surface area contributed by atoms with Crippen LogP contribution in [0.2, 0.25) is 0 Å². The van der Waals surface area contributed by atoms with Crippen molar-refractivity contribution in [2.75, 3.05) is 37.7 Å². The third kappa shape index (κ3) is 3.88. The molecule has 3 aliphatic rings. The Kier molecular flexibility index (Phi) is 5.34. The number of urea groups is 1. The number of carbonyl (C=O) groups excluding carboxylic acids is 3. The second kappa shape index (κ2) is 7.78. The fraction of sp³-hybridized carbons (Fsp3) is 0.591. The standard InChI is InChI=1S/C22H30N4O3/c1-16-7-9-22(10-8-16)20(28)26(21(29)23-22)15-24-11-13-25(14-12-24)19-5-3-18(4-6-19)17(2)27/h3-6,16H,7-15H2,1-2H3,(H,23,29). The second-order valence-electron chi connectivity index (χ2n) is 8.78. The summed E-state index contributed by atoms with van der Waals surface area (Å²) in [6, 6.07) is 7.45. The van der Waals surface area contributed by atoms with Crippen molar-refractivity contribution in [1.82, 2.24) is 15.1 Å². The maximum Gasteiger partial charge on any atom is 0.326 e. The molecule has 0 atom stereocenters. The highest BCUT2D eigenvalue weighted by Crippen LogP contribution is 2.36. The highest BCUT2D eigenvalue weighted by atomic mass is 16.2. The van der Waals surface area contributed by atoms with Crippen molar-refractivity contribution in [3.63, 3.8) is 0 Å². The van der Waals surface area contributed by atoms with E-state index in [9.17, 15) is 14.4 Å². The van der Waals surface area contributed by atoms with Crippen LogP contribution in [-0.2, 0) is 4.79 Å². The number of nitrogens with zero attached hydrogens (tertiary/aromatic N) is 3. The number of imide groups is 1. The fourth-order valence-corrected chi connectivity index (χ4v) is 4.65. The van der Waals surface area contributed by atoms with Crippen molar-refractivity contribution < 1.29 is 14.4 Å². The number of carbonyl (C=O) groups is 3. The highest BCUT2D eigenvalue weighted by molar-refractivity contribution is 6.07. The van der Waals surface area contributed by atoms with Crippen LogP contribution in [0, 0.1) is 5.92 Å². The molecule has 7 heteroatoms. The molecule has 4 rings (SSSR count). The van der Waals surface area contributed by atoms with Gasteiger partial charge in [0.15, 0.2) is 5.78 Å². The van der Waals surface area contributed by atoms with E-state index >= 15 is 0 Å². The van der Waals surface area contributed by atoms with Gasteiger partial charge in [0.1, 0.15) is 5.54 Å². The molecule has 0 bridgehead atoms. The quantitative estimate of drug-likeness (QED) is 0.623. The Morgan fingerprint density at radius 3 is 2.28 bits per heavy atom. The highest BCUT2D eigenvalue weighted by Gasteiger charge is 2.52. The molecule has 0 unspecified atom stereocenters. The average molecular weight is 399 g/mol. The molecule has 2 saturated heterocycles. The fourth-order valence-electron chi connectivity index (χ4n) is 4.65. The van der Waals surface area contributed by atoms with Crippen molar-refractivity contribution in [2.45, 2.75) is 45.1 Å². The van der Waals surface area contributed by atoms with Crippen molar-refractivity contribution in [1.29, 1.82) is 0 Å². The van der Waals surface area contributed by atoms with Gasteiger partial charge in [0, 0.05) is 37.4 Å². The van der Waals surface area contributed by atoms with Crippen LogP contribution in [0.5, 0.6) is 0 Å². The molecular weight excluding hydrogens is 368 g/mol. The third-order valence-electron chi connectivity index (χ3n) is 6.73. The second-order valence-corrected chi connectivity index (χ2v) is 8.78. The summed E-state index contributed by atoms with van der Waals surface area (Å²) in [4.78, 5) is 42.8. The van der Waals surface area contributed by atoms with Crippen LogP contribution < -0.4 is 10.2 Å². The van der Waals surface area contributed by atoms with E-state index in [0.717, 1.165) is 63.1 Å². The molecule has 2 heterocycles. The summed E-state index contributed by atoms with van der Waals surface area (Å²) in [5.41, 5.74) is 1.15. The zero-order chi connectivity index (χ0) is 20.6. The van der Waals surface area contributed by atoms with Crippen LogP contribution in [0.3, 0.4) is 0 Å². The number of hydrogen-bond donors (Lipinski definition) is 1. The summed E-state index contributed by atoms with van der Waals surface area (Å²) in [6.45, 7) is 7.36. The summed E-state index contributed by atoms with van der Waals surface area (Å²) in [5.74, 6) is 0.647. The summed E-state index contributed by atoms with van der Waals surface area (Å²) in [7, 11) is 0. The molecule has 2 aliphatic heterocycles. The SMILES string of the molecule is CC(=O)c1ccc(N2CCN(CN3C(=O)NC4(CCC(C)CC4)C3=O)CC2)cc1. The van der Waals surface area contributed by atoms with Crippen molar-refractivity contribution in [3.8, 4) is 0 Å². The minimum Gasteiger partial charge on any atom is -0.369 e. The molecule has 1 spiro atoms. The molecule has 1 aromatic carbocycles. The van der Waals surface area contributed by atoms with Crippen LogP contribution in [0.15, 0.2) is 24.3 Å². The summed E-state index contributed by atoms with van der Waals surface area (Å²) in [6.07, 6.45) is 3.47. The molecule has 29 heavy (non-hydrogen) atoms. The first kappa shape index (κ1) is 19.9. The number of anilines is 1. The molecule has 156 valence electrons. The Balaban J connectivity index is 1.33. The van der Waals surface area contributed by atoms with Gasteiger partial charge >= 0.3 is 6.03 Å². The number of rotatable bonds is 4. The van der Waals surface area contributed by atoms with Crippen LogP contribution in [0.4, 0.5) is 10.5 Å². The topological polar surface area (TPSA) is 73.0 Å². The van der Waals surface area contributed by atoms with Gasteiger partial charge in [0.05, 0.1) is 6.67 Å². The predicted molar refractivity (Wildman–Crippen MR) is 111 cm³/mol. The molecule has 1 saturated carbocycles. The lowest BCUT2D eigenvalue weighted by molar-refractivity contribution is -0.134. The number of nitrogens with one attached hydrogen (secondary N) is 1. The van der Waals surface area contributed by atoms with Gasteiger partial charge in [0.2, 0.25) is 0 Å². The Morgan fingerprint density at radius 1 is 1.07 bits per heavy atom. The minimum absolute atomic E-state index is 0.0448. The molecule has 3 fully saturated rings. The van der Waals surface area contributed by atoms with Gasteiger partial charge in [-0.1, -0.05) is 6.92 Å². The molecule has 0 aromatic heterocycles. The molecule has 1 N–H and O–H groups in total. The van der Waals surface area contributed by atoms with E-state index in [1.54, 1.807) is 6.92 Å². The van der Waals surface area contributed by atoms with Gasteiger partial charge in [0.25, 0.3) is 5.91 Å². The smallest absolute Gasteiger partial charge is 0.326 e. The molecule has 1 aliphatic carbocycles. The lowest BCUT2D eigenvalue weighted by Gasteiger charge is -2.37. The molecular formula is C22H30N4O3. The average Bonchev–Trinajstić information content (AvgIpc) is 2.95. The van der Waals surface area contributed by atoms with Crippen molar-refractivity contribution >= 4 is 23.4 Å². The summed E-state index contributed by atoms with van der Waals surface area (Å²) < 4.78 is 0. The van der Waals surface area contributed by atoms with Gasteiger partial charge in [-0.15, -0.1) is 0 Å². The zero-order valence-electron chi connectivity index (χ0n) is 17.3. The lowest BCUT2D eigenvalue weighted by atomic mass is 9.77. The molecule has 7 nitrogen and oxygen atoms in total. The van der Waals surface area contributed by atoms with Crippen LogP contribution in [0.1, 0.15) is 49.9 Å². The Hall–Kier alpha value is -2.41. The lowest BCUT2D eigenvalue weighted by Crippen LogP contribution is -2.52. The molecule has 3 amide bonds. The summed E-state index contributed by atoms with van der Waals surface area (Å²) in [5, 5.41) is 3.00. The Labute approximate surface area is 172 Å². The van der Waals surface area contributed by atoms with E-state index in [0.29, 0.717) is 12.6 Å². The van der Waals surface area contributed by atoms with E-state index in [-0.39, 0.29) is 17.7 Å². The van der Waals surface area contributed by atoms with Gasteiger partial charge in [-0.3, -0.25) is 14.5 Å². The largest absolute Gasteiger partial charge is 0.369 e. The van der Waals surface area contributed by atoms with Crippen LogP contribution >= 0.6 is 0 Å². The number of amides is 3. The normalized spacial score (nSPS) is 28.1. The maximum atomic E-state index is 13.0. The van der Waals surface area contributed by atoms with Crippen LogP contribution in [0.25, 0.3) is 0 Å². The van der Waals surface area contributed by atoms with Gasteiger partial charge in [-0.05, 0) is 62.8 Å². The van der Waals surface area contributed by atoms with E-state index in [1.165, 1.54) is 4.90 Å². The first-order valence-electron chi connectivity index (χ1n) is 10.6. The number of Topliss-reactive ketones (excluding diaryl/α,β-unsaturated/α-hetero) is 1. The first-order valence-corrected chi connectivity index (χ1v) is 10.6. The van der Waals surface area contributed by atoms with E-state index in [2.05, 4.69) is 22.0 Å². The number of benzene rings is 1. The van der Waals surface area contributed by atoms with Crippen molar-refractivity contribution in [3.05, 3.63) is 29.8 Å². The Bertz CT molecular complexity index is 791. The molecule has 1 aromatic rings. The number of ketones is 1. The third-order valence-corrected chi connectivity index (χ3v) is 6.73. The van der Waals surface area contributed by atoms with Gasteiger partial charge < -0.3 is 10.2 Å². The predicted octanol–water partition coefficient (Wildman–Crippen LogP) is 2.47. The van der Waals surface area contributed by atoms with Gasteiger partial charge in [-0.2, -0.15) is 0 Å². The zero-order valence-corrected chi connectivity index (χ0v) is 17.3. The number of piperazine rings is 1. The van der Waals surface area contributed by atoms with E-state index in [1.807, 2.05) is 24.3 Å². The molecule has 0 radical (unpaired) electrons. The van der Waals surface area contributed by atoms with E-state index < -0.39 is 5.54 Å². The van der Waals surface area contributed by atoms with Gasteiger partial charge in [-0.25, -0.2) is 9.69 Å². The minimum atomic E-state index is -0.663. The van der Waals surface area contributed by atoms with E-state index in [4.69, 9.17) is 0 Å². The number of hydrogen-bond acceptors (Lipinski definition) is 5. The first-order chi connectivity index (χ1) is 13.9. The monoisotopic (exact) mass is 398 g/mol.